The molecule has 0 aliphatic carbocycles. The van der Waals surface area contributed by atoms with Crippen LogP contribution in [0, 0.1) is 11.6 Å². The second kappa shape index (κ2) is 8.70. The van der Waals surface area contributed by atoms with Gasteiger partial charge in [0.05, 0.1) is 19.8 Å². The van der Waals surface area contributed by atoms with Crippen LogP contribution in [-0.2, 0) is 9.47 Å². The van der Waals surface area contributed by atoms with E-state index in [1.165, 1.54) is 7.11 Å². The predicted octanol–water partition coefficient (Wildman–Crippen LogP) is 0.355. The summed E-state index contributed by atoms with van der Waals surface area (Å²) < 4.78 is 45.9. The van der Waals surface area contributed by atoms with E-state index in [0.717, 1.165) is 6.07 Å². The van der Waals surface area contributed by atoms with Crippen molar-refractivity contribution in [3.05, 3.63) is 23.8 Å². The molecule has 0 unspecified atom stereocenters. The summed E-state index contributed by atoms with van der Waals surface area (Å²) in [6.45, 7) is 0.931. The van der Waals surface area contributed by atoms with Crippen LogP contribution < -0.4 is 9.39 Å². The van der Waals surface area contributed by atoms with E-state index in [4.69, 9.17) is 24.3 Å². The van der Waals surface area contributed by atoms with Crippen molar-refractivity contribution in [1.29, 1.82) is 0 Å². The first-order valence-electron chi connectivity index (χ1n) is 5.76. The van der Waals surface area contributed by atoms with Gasteiger partial charge in [0.25, 0.3) is 0 Å². The Kier molecular flexibility index (Phi) is 7.23. The summed E-state index contributed by atoms with van der Waals surface area (Å²) in [5.41, 5.74) is 0. The van der Waals surface area contributed by atoms with Crippen molar-refractivity contribution in [2.75, 3.05) is 33.5 Å². The van der Waals surface area contributed by atoms with Crippen molar-refractivity contribution in [2.45, 2.75) is 0 Å². The minimum Gasteiger partial charge on any atom is -0.512 e. The number of halogens is 2. The Bertz CT molecular complexity index is 418. The highest BCUT2D eigenvalue weighted by atomic mass is 19.2. The minimum absolute atomic E-state index is 0.00872. The molecule has 0 bridgehead atoms. The molecule has 1 aromatic carbocycles. The van der Waals surface area contributed by atoms with Crippen LogP contribution in [0.5, 0.6) is 11.5 Å². The summed E-state index contributed by atoms with van der Waals surface area (Å²) in [7, 11) is -0.607. The van der Waals surface area contributed by atoms with Gasteiger partial charge in [-0.2, -0.15) is 4.39 Å². The van der Waals surface area contributed by atoms with Crippen LogP contribution in [0.2, 0.25) is 0 Å². The van der Waals surface area contributed by atoms with Gasteiger partial charge in [0.15, 0.2) is 11.6 Å². The standard InChI is InChI=1S/C11H15BF2O6/c1-17-2-3-18-4-5-19-10-7-8(20-12(15)16)6-9(13)11(10)14/h6-7,15-16H,2-5H2,1H3. The van der Waals surface area contributed by atoms with E-state index in [1.807, 2.05) is 0 Å². The van der Waals surface area contributed by atoms with E-state index in [-0.39, 0.29) is 19.0 Å². The molecule has 0 saturated carbocycles. The highest BCUT2D eigenvalue weighted by Crippen LogP contribution is 2.26. The average molecular weight is 292 g/mol. The zero-order valence-corrected chi connectivity index (χ0v) is 10.8. The second-order valence-corrected chi connectivity index (χ2v) is 3.61. The van der Waals surface area contributed by atoms with Gasteiger partial charge >= 0.3 is 7.32 Å². The molecule has 0 amide bonds. The molecule has 0 saturated heterocycles. The molecule has 0 radical (unpaired) electrons. The summed E-state index contributed by atoms with van der Waals surface area (Å²) in [6.07, 6.45) is 0. The average Bonchev–Trinajstić information content (AvgIpc) is 2.38. The second-order valence-electron chi connectivity index (χ2n) is 3.61. The molecule has 0 aliphatic heterocycles. The normalized spacial score (nSPS) is 10.4. The van der Waals surface area contributed by atoms with E-state index in [1.54, 1.807) is 0 Å². The summed E-state index contributed by atoms with van der Waals surface area (Å²) >= 11 is 0. The first kappa shape index (κ1) is 16.6. The van der Waals surface area contributed by atoms with Gasteiger partial charge in [0, 0.05) is 19.2 Å². The third-order valence-electron chi connectivity index (χ3n) is 2.13. The summed E-state index contributed by atoms with van der Waals surface area (Å²) in [6, 6.07) is 1.68. The molecule has 1 rings (SSSR count). The lowest BCUT2D eigenvalue weighted by Crippen LogP contribution is -2.20. The van der Waals surface area contributed by atoms with Crippen LogP contribution in [0.15, 0.2) is 12.1 Å². The Morgan fingerprint density at radius 1 is 1.10 bits per heavy atom. The molecule has 1 aromatic rings. The Labute approximate surface area is 115 Å². The van der Waals surface area contributed by atoms with Gasteiger partial charge in [-0.3, -0.25) is 0 Å². The van der Waals surface area contributed by atoms with Crippen molar-refractivity contribution in [1.82, 2.24) is 0 Å². The van der Waals surface area contributed by atoms with Gasteiger partial charge in [-0.25, -0.2) is 4.39 Å². The zero-order chi connectivity index (χ0) is 15.0. The molecule has 0 heterocycles. The van der Waals surface area contributed by atoms with Gasteiger partial charge in [-0.15, -0.1) is 0 Å². The molecule has 0 aliphatic rings. The molecule has 0 fully saturated rings. The topological polar surface area (TPSA) is 77.4 Å². The van der Waals surface area contributed by atoms with Crippen LogP contribution >= 0.6 is 0 Å². The Morgan fingerprint density at radius 2 is 1.80 bits per heavy atom. The number of hydrogen-bond donors (Lipinski definition) is 2. The van der Waals surface area contributed by atoms with Crippen molar-refractivity contribution in [3.63, 3.8) is 0 Å². The largest absolute Gasteiger partial charge is 0.707 e. The smallest absolute Gasteiger partial charge is 0.512 e. The lowest BCUT2D eigenvalue weighted by molar-refractivity contribution is 0.0536. The first-order valence-corrected chi connectivity index (χ1v) is 5.76. The maximum atomic E-state index is 13.4. The molecular formula is C11H15BF2O6. The maximum absolute atomic E-state index is 13.4. The van der Waals surface area contributed by atoms with Gasteiger partial charge in [-0.1, -0.05) is 0 Å². The minimum atomic E-state index is -2.13. The van der Waals surface area contributed by atoms with Crippen LogP contribution in [0.3, 0.4) is 0 Å². The van der Waals surface area contributed by atoms with Gasteiger partial charge in [-0.05, 0) is 0 Å². The van der Waals surface area contributed by atoms with Crippen LogP contribution in [0.1, 0.15) is 0 Å². The fourth-order valence-corrected chi connectivity index (χ4v) is 1.29. The highest BCUT2D eigenvalue weighted by Gasteiger charge is 2.17. The molecule has 6 nitrogen and oxygen atoms in total. The molecule has 0 atom stereocenters. The summed E-state index contributed by atoms with van der Waals surface area (Å²) in [4.78, 5) is 0. The van der Waals surface area contributed by atoms with Gasteiger partial charge in [0.1, 0.15) is 12.4 Å². The van der Waals surface area contributed by atoms with Gasteiger partial charge < -0.3 is 28.9 Å². The van der Waals surface area contributed by atoms with Crippen molar-refractivity contribution in [3.8, 4) is 11.5 Å². The fraction of sp³-hybridized carbons (Fsp3) is 0.455. The number of rotatable bonds is 9. The lowest BCUT2D eigenvalue weighted by atomic mass is 10.2. The highest BCUT2D eigenvalue weighted by molar-refractivity contribution is 6.33. The van der Waals surface area contributed by atoms with E-state index in [2.05, 4.69) is 4.65 Å². The van der Waals surface area contributed by atoms with Crippen molar-refractivity contribution >= 4 is 7.32 Å². The van der Waals surface area contributed by atoms with Crippen molar-refractivity contribution in [2.24, 2.45) is 0 Å². The fourth-order valence-electron chi connectivity index (χ4n) is 1.29. The number of methoxy groups -OCH3 is 1. The molecule has 9 heteroatoms. The number of ether oxygens (including phenoxy) is 3. The third-order valence-corrected chi connectivity index (χ3v) is 2.13. The molecule has 20 heavy (non-hydrogen) atoms. The Hall–Kier alpha value is -1.42. The molecule has 112 valence electrons. The molecule has 2 N–H and O–H groups in total. The van der Waals surface area contributed by atoms with Crippen LogP contribution in [0.4, 0.5) is 8.78 Å². The lowest BCUT2D eigenvalue weighted by Gasteiger charge is -2.11. The zero-order valence-electron chi connectivity index (χ0n) is 10.8. The Morgan fingerprint density at radius 3 is 2.45 bits per heavy atom. The van der Waals surface area contributed by atoms with E-state index >= 15 is 0 Å². The number of benzene rings is 1. The first-order chi connectivity index (χ1) is 9.54. The molecule has 0 spiro atoms. The molecule has 0 aromatic heterocycles. The van der Waals surface area contributed by atoms with Crippen LogP contribution in [-0.4, -0.2) is 50.9 Å². The van der Waals surface area contributed by atoms with E-state index in [0.29, 0.717) is 19.3 Å². The summed E-state index contributed by atoms with van der Waals surface area (Å²) in [5.74, 6) is -3.09. The quantitative estimate of drug-likeness (QED) is 0.505. The third kappa shape index (κ3) is 5.70. The van der Waals surface area contributed by atoms with E-state index < -0.39 is 24.7 Å². The maximum Gasteiger partial charge on any atom is 0.707 e. The SMILES string of the molecule is COCCOCCOc1cc(OB(O)O)cc(F)c1F. The van der Waals surface area contributed by atoms with E-state index in [9.17, 15) is 8.78 Å². The molecular weight excluding hydrogens is 277 g/mol. The Balaban J connectivity index is 2.53. The van der Waals surface area contributed by atoms with Crippen molar-refractivity contribution < 1.29 is 37.7 Å². The van der Waals surface area contributed by atoms with Gasteiger partial charge in [0.2, 0.25) is 5.82 Å². The monoisotopic (exact) mass is 292 g/mol. The summed E-state index contributed by atoms with van der Waals surface area (Å²) in [5, 5.41) is 17.2. The van der Waals surface area contributed by atoms with Crippen LogP contribution in [0.25, 0.3) is 0 Å². The number of hydrogen-bond acceptors (Lipinski definition) is 6. The predicted molar refractivity (Wildman–Crippen MR) is 65.4 cm³/mol.